The van der Waals surface area contributed by atoms with Crippen molar-refractivity contribution in [3.63, 3.8) is 0 Å². The number of aliphatic hydroxyl groups excluding tert-OH is 1. The lowest BCUT2D eigenvalue weighted by Gasteiger charge is -2.17. The summed E-state index contributed by atoms with van der Waals surface area (Å²) >= 11 is 0. The molecule has 90 valence electrons. The maximum atomic E-state index is 10.9. The Morgan fingerprint density at radius 2 is 1.87 bits per heavy atom. The molecule has 0 heterocycles. The van der Waals surface area contributed by atoms with Gasteiger partial charge in [-0.1, -0.05) is 0 Å². The number of rotatable bonds is 6. The van der Waals surface area contributed by atoms with Gasteiger partial charge in [-0.15, -0.1) is 0 Å². The molecule has 6 nitrogen and oxygen atoms in total. The highest BCUT2D eigenvalue weighted by atomic mass is 17.2. The van der Waals surface area contributed by atoms with E-state index < -0.39 is 11.8 Å². The van der Waals surface area contributed by atoms with Crippen LogP contribution >= 0.6 is 0 Å². The molecular weight excluding hydrogens is 204 g/mol. The Morgan fingerprint density at radius 1 is 1.20 bits per heavy atom. The van der Waals surface area contributed by atoms with E-state index in [0.29, 0.717) is 0 Å². The molecule has 0 spiro atoms. The molecule has 0 saturated carbocycles. The van der Waals surface area contributed by atoms with Crippen LogP contribution in [0.15, 0.2) is 0 Å². The van der Waals surface area contributed by atoms with Gasteiger partial charge in [-0.25, -0.2) is 4.79 Å². The number of aliphatic hydroxyl groups is 1. The Hall–Kier alpha value is -0.850. The van der Waals surface area contributed by atoms with E-state index in [2.05, 4.69) is 9.78 Å². The predicted molar refractivity (Wildman–Crippen MR) is 51.2 cm³/mol. The van der Waals surface area contributed by atoms with E-state index in [0.717, 1.165) is 0 Å². The van der Waals surface area contributed by atoms with E-state index in [4.69, 9.17) is 14.6 Å². The van der Waals surface area contributed by atoms with Gasteiger partial charge in [0.05, 0.1) is 19.8 Å². The summed E-state index contributed by atoms with van der Waals surface area (Å²) in [5, 5.41) is 8.37. The fraction of sp³-hybridized carbons (Fsp3) is 0.889. The topological polar surface area (TPSA) is 74.2 Å². The summed E-state index contributed by atoms with van der Waals surface area (Å²) in [7, 11) is 0. The van der Waals surface area contributed by atoms with Gasteiger partial charge in [-0.05, 0) is 20.8 Å². The van der Waals surface area contributed by atoms with E-state index in [1.165, 1.54) is 0 Å². The Morgan fingerprint density at radius 3 is 2.40 bits per heavy atom. The summed E-state index contributed by atoms with van der Waals surface area (Å²) in [6.07, 6.45) is -0.885. The summed E-state index contributed by atoms with van der Waals surface area (Å²) in [6.45, 7) is 5.68. The van der Waals surface area contributed by atoms with Gasteiger partial charge < -0.3 is 14.6 Å². The van der Waals surface area contributed by atoms with E-state index >= 15 is 0 Å². The van der Waals surface area contributed by atoms with Gasteiger partial charge in [0.25, 0.3) is 0 Å². The highest BCUT2D eigenvalue weighted by Gasteiger charge is 2.17. The number of ether oxygens (including phenoxy) is 2. The monoisotopic (exact) mass is 222 g/mol. The van der Waals surface area contributed by atoms with E-state index in [-0.39, 0.29) is 26.4 Å². The molecule has 0 aromatic rings. The summed E-state index contributed by atoms with van der Waals surface area (Å²) in [5.74, 6) is 0. The summed E-state index contributed by atoms with van der Waals surface area (Å²) in [5.41, 5.74) is -0.603. The Bertz CT molecular complexity index is 174. The molecule has 0 radical (unpaired) electrons. The number of carbonyl (C=O) groups excluding carboxylic acids is 1. The van der Waals surface area contributed by atoms with E-state index in [1.54, 1.807) is 20.8 Å². The van der Waals surface area contributed by atoms with Crippen LogP contribution in [0.3, 0.4) is 0 Å². The SMILES string of the molecule is CC(C)(C)OC(=O)OOCCOCCO. The van der Waals surface area contributed by atoms with Gasteiger partial charge in [-0.3, -0.25) is 4.89 Å². The highest BCUT2D eigenvalue weighted by molar-refractivity contribution is 5.59. The smallest absolute Gasteiger partial charge is 0.427 e. The number of hydrogen-bond acceptors (Lipinski definition) is 6. The first kappa shape index (κ1) is 14.2. The minimum atomic E-state index is -0.885. The van der Waals surface area contributed by atoms with Crippen LogP contribution in [0.25, 0.3) is 0 Å². The first-order chi connectivity index (χ1) is 6.95. The zero-order valence-corrected chi connectivity index (χ0v) is 9.32. The van der Waals surface area contributed by atoms with Gasteiger partial charge in [0.1, 0.15) is 12.2 Å². The third kappa shape index (κ3) is 11.1. The van der Waals surface area contributed by atoms with Crippen LogP contribution in [0.4, 0.5) is 4.79 Å². The molecule has 0 saturated heterocycles. The van der Waals surface area contributed by atoms with Crippen molar-refractivity contribution in [2.45, 2.75) is 26.4 Å². The van der Waals surface area contributed by atoms with Crippen molar-refractivity contribution in [3.8, 4) is 0 Å². The number of carbonyl (C=O) groups is 1. The zero-order valence-electron chi connectivity index (χ0n) is 9.32. The first-order valence-electron chi connectivity index (χ1n) is 4.67. The maximum Gasteiger partial charge on any atom is 0.540 e. The van der Waals surface area contributed by atoms with Crippen molar-refractivity contribution in [3.05, 3.63) is 0 Å². The minimum Gasteiger partial charge on any atom is -0.427 e. The number of hydrogen-bond donors (Lipinski definition) is 1. The van der Waals surface area contributed by atoms with Gasteiger partial charge in [0.15, 0.2) is 0 Å². The lowest BCUT2D eigenvalue weighted by atomic mass is 10.2. The first-order valence-corrected chi connectivity index (χ1v) is 4.67. The normalized spacial score (nSPS) is 11.2. The van der Waals surface area contributed by atoms with Gasteiger partial charge in [-0.2, -0.15) is 4.89 Å². The average molecular weight is 222 g/mol. The summed E-state index contributed by atoms with van der Waals surface area (Å²) in [4.78, 5) is 19.7. The molecule has 0 fully saturated rings. The Balaban J connectivity index is 3.32. The molecular formula is C9H18O6. The molecule has 15 heavy (non-hydrogen) atoms. The fourth-order valence-corrected chi connectivity index (χ4v) is 0.616. The van der Waals surface area contributed by atoms with Crippen LogP contribution in [0.2, 0.25) is 0 Å². The Kier molecular flexibility index (Phi) is 7.02. The lowest BCUT2D eigenvalue weighted by Crippen LogP contribution is -2.24. The van der Waals surface area contributed by atoms with Crippen molar-refractivity contribution < 1.29 is 29.1 Å². The second-order valence-electron chi connectivity index (χ2n) is 3.71. The van der Waals surface area contributed by atoms with Crippen LogP contribution < -0.4 is 0 Å². The molecule has 0 rings (SSSR count). The second kappa shape index (κ2) is 7.44. The van der Waals surface area contributed by atoms with Crippen LogP contribution in [0, 0.1) is 0 Å². The van der Waals surface area contributed by atoms with Crippen LogP contribution in [-0.4, -0.2) is 43.3 Å². The van der Waals surface area contributed by atoms with E-state index in [9.17, 15) is 4.79 Å². The zero-order chi connectivity index (χ0) is 11.7. The summed E-state index contributed by atoms with van der Waals surface area (Å²) < 4.78 is 9.66. The fourth-order valence-electron chi connectivity index (χ4n) is 0.616. The van der Waals surface area contributed by atoms with Crippen molar-refractivity contribution >= 4 is 6.16 Å². The molecule has 0 aliphatic heterocycles. The highest BCUT2D eigenvalue weighted by Crippen LogP contribution is 2.07. The minimum absolute atomic E-state index is 0.0487. The molecule has 1 N–H and O–H groups in total. The molecule has 0 aromatic heterocycles. The quantitative estimate of drug-likeness (QED) is 0.311. The molecule has 0 atom stereocenters. The molecule has 0 aromatic carbocycles. The molecule has 0 amide bonds. The molecule has 0 unspecified atom stereocenters. The van der Waals surface area contributed by atoms with Crippen LogP contribution in [-0.2, 0) is 19.2 Å². The van der Waals surface area contributed by atoms with Gasteiger partial charge in [0, 0.05) is 0 Å². The van der Waals surface area contributed by atoms with Crippen LogP contribution in [0.5, 0.6) is 0 Å². The largest absolute Gasteiger partial charge is 0.540 e. The molecule has 0 aliphatic carbocycles. The van der Waals surface area contributed by atoms with Crippen molar-refractivity contribution in [1.29, 1.82) is 0 Å². The van der Waals surface area contributed by atoms with E-state index in [1.807, 2.05) is 0 Å². The average Bonchev–Trinajstić information content (AvgIpc) is 2.08. The standard InChI is InChI=1S/C9H18O6/c1-9(2,3)14-8(11)15-13-7-6-12-5-4-10/h10H,4-7H2,1-3H3. The third-order valence-electron chi connectivity index (χ3n) is 1.06. The molecule has 6 heteroatoms. The van der Waals surface area contributed by atoms with Gasteiger partial charge >= 0.3 is 6.16 Å². The maximum absolute atomic E-state index is 10.9. The van der Waals surface area contributed by atoms with Crippen molar-refractivity contribution in [2.24, 2.45) is 0 Å². The molecule has 0 bridgehead atoms. The summed E-state index contributed by atoms with van der Waals surface area (Å²) in [6, 6.07) is 0. The lowest BCUT2D eigenvalue weighted by molar-refractivity contribution is -0.266. The third-order valence-corrected chi connectivity index (χ3v) is 1.06. The predicted octanol–water partition coefficient (Wildman–Crippen LogP) is 0.879. The van der Waals surface area contributed by atoms with Crippen LogP contribution in [0.1, 0.15) is 20.8 Å². The van der Waals surface area contributed by atoms with Gasteiger partial charge in [0.2, 0.25) is 0 Å². The molecule has 0 aliphatic rings. The van der Waals surface area contributed by atoms with Crippen molar-refractivity contribution in [1.82, 2.24) is 0 Å². The van der Waals surface area contributed by atoms with Crippen molar-refractivity contribution in [2.75, 3.05) is 26.4 Å². The second-order valence-corrected chi connectivity index (χ2v) is 3.71. The Labute approximate surface area is 89.0 Å².